The molecule has 4 heterocycles. The summed E-state index contributed by atoms with van der Waals surface area (Å²) in [5.74, 6) is -0.565. The third-order valence-corrected chi connectivity index (χ3v) is 6.67. The molecule has 2 aromatic rings. The fraction of sp³-hybridized carbons (Fsp3) is 0.478. The van der Waals surface area contributed by atoms with Gasteiger partial charge < -0.3 is 9.64 Å². The van der Waals surface area contributed by atoms with Crippen LogP contribution in [0.25, 0.3) is 0 Å². The van der Waals surface area contributed by atoms with E-state index in [2.05, 4.69) is 19.9 Å². The second kappa shape index (κ2) is 9.22. The van der Waals surface area contributed by atoms with Crippen molar-refractivity contribution in [2.24, 2.45) is 11.8 Å². The number of amides is 3. The van der Waals surface area contributed by atoms with Crippen LogP contribution in [0.4, 0.5) is 10.5 Å². The standard InChI is InChI=1S/C23H26N6O4/c30-21-18-3-1-2-4-19(18)22(31)29(21)17-5-6-20(25-13-17)33-23(32)28-11-9-27(10-12-28)14-16-7-8-24-15-26-16/h5-8,13,15,18-19H,1-4,9-12,14H2. The molecule has 3 amide bonds. The highest BCUT2D eigenvalue weighted by Crippen LogP contribution is 2.40. The molecule has 0 N–H and O–H groups in total. The lowest BCUT2D eigenvalue weighted by atomic mass is 9.81. The number of imide groups is 1. The normalized spacial score (nSPS) is 23.5. The Kier molecular flexibility index (Phi) is 5.99. The van der Waals surface area contributed by atoms with Gasteiger partial charge in [-0.25, -0.2) is 24.6 Å². The van der Waals surface area contributed by atoms with E-state index in [1.807, 2.05) is 6.07 Å². The maximum absolute atomic E-state index is 12.7. The number of fused-ring (bicyclic) bond motifs is 1. The van der Waals surface area contributed by atoms with Crippen LogP contribution >= 0.6 is 0 Å². The Bertz CT molecular complexity index is 999. The van der Waals surface area contributed by atoms with E-state index in [1.54, 1.807) is 17.2 Å². The van der Waals surface area contributed by atoms with Crippen LogP contribution in [0.2, 0.25) is 0 Å². The maximum atomic E-state index is 12.7. The van der Waals surface area contributed by atoms with E-state index in [4.69, 9.17) is 4.74 Å². The molecule has 0 bridgehead atoms. The lowest BCUT2D eigenvalue weighted by Gasteiger charge is -2.33. The van der Waals surface area contributed by atoms with Crippen molar-refractivity contribution in [1.29, 1.82) is 0 Å². The molecule has 1 saturated carbocycles. The van der Waals surface area contributed by atoms with Crippen LogP contribution in [0.1, 0.15) is 31.4 Å². The Labute approximate surface area is 191 Å². The van der Waals surface area contributed by atoms with Gasteiger partial charge in [-0.3, -0.25) is 14.5 Å². The molecule has 0 spiro atoms. The van der Waals surface area contributed by atoms with Crippen molar-refractivity contribution in [3.8, 4) is 5.88 Å². The van der Waals surface area contributed by atoms with Gasteiger partial charge >= 0.3 is 6.09 Å². The summed E-state index contributed by atoms with van der Waals surface area (Å²) in [7, 11) is 0. The van der Waals surface area contributed by atoms with Gasteiger partial charge in [-0.15, -0.1) is 0 Å². The van der Waals surface area contributed by atoms with Crippen LogP contribution in [0, 0.1) is 11.8 Å². The predicted molar refractivity (Wildman–Crippen MR) is 117 cm³/mol. The van der Waals surface area contributed by atoms with Gasteiger partial charge in [0.05, 0.1) is 29.4 Å². The highest BCUT2D eigenvalue weighted by molar-refractivity contribution is 6.22. The number of carbonyl (C=O) groups is 3. The first-order valence-electron chi connectivity index (χ1n) is 11.4. The first-order chi connectivity index (χ1) is 16.1. The largest absolute Gasteiger partial charge is 0.416 e. The summed E-state index contributed by atoms with van der Waals surface area (Å²) in [6.45, 7) is 3.23. The molecule has 3 aliphatic rings. The summed E-state index contributed by atoms with van der Waals surface area (Å²) in [4.78, 5) is 55.5. The number of ether oxygens (including phenoxy) is 1. The molecule has 10 nitrogen and oxygen atoms in total. The van der Waals surface area contributed by atoms with Crippen molar-refractivity contribution in [2.75, 3.05) is 31.1 Å². The van der Waals surface area contributed by atoms with Gasteiger partial charge in [-0.1, -0.05) is 12.8 Å². The van der Waals surface area contributed by atoms with E-state index >= 15 is 0 Å². The molecular formula is C23H26N6O4. The summed E-state index contributed by atoms with van der Waals surface area (Å²) in [6.07, 6.45) is 7.71. The molecule has 2 aromatic heterocycles. The first-order valence-corrected chi connectivity index (χ1v) is 11.4. The average Bonchev–Trinajstić information content (AvgIpc) is 3.11. The van der Waals surface area contributed by atoms with Gasteiger partial charge in [-0.2, -0.15) is 0 Å². The molecule has 2 unspecified atom stereocenters. The van der Waals surface area contributed by atoms with Crippen LogP contribution in [0.5, 0.6) is 5.88 Å². The molecule has 0 radical (unpaired) electrons. The minimum Gasteiger partial charge on any atom is -0.391 e. The topological polar surface area (TPSA) is 109 Å². The summed E-state index contributed by atoms with van der Waals surface area (Å²) in [5, 5.41) is 0. The number of nitrogens with zero attached hydrogens (tertiary/aromatic N) is 6. The van der Waals surface area contributed by atoms with Crippen molar-refractivity contribution in [3.05, 3.63) is 42.6 Å². The molecule has 2 aliphatic heterocycles. The lowest BCUT2D eigenvalue weighted by molar-refractivity contribution is -0.122. The predicted octanol–water partition coefficient (Wildman–Crippen LogP) is 1.87. The van der Waals surface area contributed by atoms with Crippen LogP contribution < -0.4 is 9.64 Å². The first kappa shape index (κ1) is 21.4. The number of pyridine rings is 1. The van der Waals surface area contributed by atoms with Crippen molar-refractivity contribution >= 4 is 23.6 Å². The molecule has 0 aromatic carbocycles. The zero-order valence-electron chi connectivity index (χ0n) is 18.3. The van der Waals surface area contributed by atoms with Crippen LogP contribution in [0.3, 0.4) is 0 Å². The summed E-state index contributed by atoms with van der Waals surface area (Å²) >= 11 is 0. The van der Waals surface area contributed by atoms with E-state index in [1.165, 1.54) is 23.5 Å². The van der Waals surface area contributed by atoms with Gasteiger partial charge in [0.15, 0.2) is 0 Å². The third kappa shape index (κ3) is 4.43. The van der Waals surface area contributed by atoms with Crippen molar-refractivity contribution in [2.45, 2.75) is 32.2 Å². The smallest absolute Gasteiger partial charge is 0.391 e. The van der Waals surface area contributed by atoms with E-state index in [9.17, 15) is 14.4 Å². The quantitative estimate of drug-likeness (QED) is 0.650. The monoisotopic (exact) mass is 450 g/mol. The highest BCUT2D eigenvalue weighted by atomic mass is 16.6. The van der Waals surface area contributed by atoms with Crippen molar-refractivity contribution < 1.29 is 19.1 Å². The number of hydrogen-bond acceptors (Lipinski definition) is 8. The third-order valence-electron chi connectivity index (χ3n) is 6.67. The molecule has 10 heteroatoms. The highest BCUT2D eigenvalue weighted by Gasteiger charge is 2.48. The second-order valence-electron chi connectivity index (χ2n) is 8.70. The van der Waals surface area contributed by atoms with Crippen molar-refractivity contribution in [1.82, 2.24) is 24.8 Å². The number of piperazine rings is 1. The molecular weight excluding hydrogens is 424 g/mol. The fourth-order valence-electron chi connectivity index (χ4n) is 4.87. The van der Waals surface area contributed by atoms with Crippen LogP contribution in [0.15, 0.2) is 36.9 Å². The van der Waals surface area contributed by atoms with E-state index < -0.39 is 6.09 Å². The number of carbonyl (C=O) groups excluding carboxylic acids is 3. The fourth-order valence-corrected chi connectivity index (χ4v) is 4.87. The minimum absolute atomic E-state index is 0.142. The van der Waals surface area contributed by atoms with Gasteiger partial charge in [0.25, 0.3) is 0 Å². The molecule has 172 valence electrons. The maximum Gasteiger partial charge on any atom is 0.416 e. The molecule has 3 fully saturated rings. The summed E-state index contributed by atoms with van der Waals surface area (Å²) in [6, 6.07) is 5.02. The summed E-state index contributed by atoms with van der Waals surface area (Å²) < 4.78 is 5.42. The molecule has 33 heavy (non-hydrogen) atoms. The number of anilines is 1. The van der Waals surface area contributed by atoms with Crippen molar-refractivity contribution in [3.63, 3.8) is 0 Å². The number of hydrogen-bond donors (Lipinski definition) is 0. The number of rotatable bonds is 4. The molecule has 5 rings (SSSR count). The van der Waals surface area contributed by atoms with Gasteiger partial charge in [0, 0.05) is 45.0 Å². The minimum atomic E-state index is -0.462. The van der Waals surface area contributed by atoms with Crippen LogP contribution in [-0.4, -0.2) is 68.8 Å². The Hall–Kier alpha value is -3.40. The van der Waals surface area contributed by atoms with Gasteiger partial charge in [-0.05, 0) is 25.0 Å². The Morgan fingerprint density at radius 2 is 1.70 bits per heavy atom. The zero-order valence-corrected chi connectivity index (χ0v) is 18.3. The molecule has 1 aliphatic carbocycles. The van der Waals surface area contributed by atoms with E-state index in [0.29, 0.717) is 38.4 Å². The Morgan fingerprint density at radius 3 is 2.30 bits per heavy atom. The van der Waals surface area contributed by atoms with E-state index in [0.717, 1.165) is 31.4 Å². The lowest BCUT2D eigenvalue weighted by Crippen LogP contribution is -2.49. The van der Waals surface area contributed by atoms with Crippen LogP contribution in [-0.2, 0) is 16.1 Å². The number of aromatic nitrogens is 3. The average molecular weight is 450 g/mol. The summed E-state index contributed by atoms with van der Waals surface area (Å²) in [5.41, 5.74) is 1.37. The second-order valence-corrected chi connectivity index (χ2v) is 8.70. The zero-order chi connectivity index (χ0) is 22.8. The van der Waals surface area contributed by atoms with E-state index in [-0.39, 0.29) is 29.5 Å². The Balaban J connectivity index is 1.15. The molecule has 2 atom stereocenters. The van der Waals surface area contributed by atoms with Gasteiger partial charge in [0.2, 0.25) is 17.7 Å². The van der Waals surface area contributed by atoms with Gasteiger partial charge in [0.1, 0.15) is 6.33 Å². The Morgan fingerprint density at radius 1 is 0.970 bits per heavy atom. The molecule has 2 saturated heterocycles. The SMILES string of the molecule is O=C(Oc1ccc(N2C(=O)C3CCCCC3C2=O)cn1)N1CCN(Cc2ccncn2)CC1.